The molecule has 1 aromatic carbocycles. The lowest BCUT2D eigenvalue weighted by atomic mass is 9.96. The van der Waals surface area contributed by atoms with Crippen molar-refractivity contribution in [2.45, 2.75) is 26.7 Å². The van der Waals surface area contributed by atoms with Crippen LogP contribution in [0.4, 0.5) is 5.69 Å². The molecule has 1 unspecified atom stereocenters. The minimum atomic E-state index is -0.119. The van der Waals surface area contributed by atoms with E-state index in [4.69, 9.17) is 9.47 Å². The van der Waals surface area contributed by atoms with Gasteiger partial charge in [-0.3, -0.25) is 4.79 Å². The number of hydrogen-bond donors (Lipinski definition) is 1. The van der Waals surface area contributed by atoms with Gasteiger partial charge in [0, 0.05) is 7.05 Å². The topological polar surface area (TPSA) is 47.6 Å². The second-order valence-electron chi connectivity index (χ2n) is 4.35. The minimum Gasteiger partial charge on any atom is -0.495 e. The van der Waals surface area contributed by atoms with Crippen LogP contribution in [-0.2, 0) is 16.0 Å². The molecule has 1 aromatic rings. The van der Waals surface area contributed by atoms with Gasteiger partial charge in [-0.05, 0) is 37.5 Å². The molecule has 0 saturated carbocycles. The van der Waals surface area contributed by atoms with Crippen LogP contribution in [0.15, 0.2) is 18.2 Å². The van der Waals surface area contributed by atoms with E-state index < -0.39 is 0 Å². The fourth-order valence-corrected chi connectivity index (χ4v) is 2.02. The number of hydrogen-bond acceptors (Lipinski definition) is 4. The molecule has 0 saturated heterocycles. The van der Waals surface area contributed by atoms with Gasteiger partial charge in [0.05, 0.1) is 25.3 Å². The molecule has 19 heavy (non-hydrogen) atoms. The van der Waals surface area contributed by atoms with Crippen molar-refractivity contribution in [3.8, 4) is 5.75 Å². The Morgan fingerprint density at radius 3 is 2.63 bits per heavy atom. The molecule has 0 radical (unpaired) electrons. The second kappa shape index (κ2) is 7.67. The summed E-state index contributed by atoms with van der Waals surface area (Å²) in [6.45, 7) is 4.26. The molecule has 0 heterocycles. The molecule has 4 nitrogen and oxygen atoms in total. The molecule has 106 valence electrons. The Morgan fingerprint density at radius 1 is 1.37 bits per heavy atom. The number of rotatable bonds is 7. The first-order valence-electron chi connectivity index (χ1n) is 6.67. The lowest BCUT2D eigenvalue weighted by Gasteiger charge is -2.15. The van der Waals surface area contributed by atoms with Crippen LogP contribution in [0.3, 0.4) is 0 Å². The van der Waals surface area contributed by atoms with E-state index in [0.717, 1.165) is 23.4 Å². The summed E-state index contributed by atoms with van der Waals surface area (Å²) in [6.07, 6.45) is 1.47. The van der Waals surface area contributed by atoms with Gasteiger partial charge < -0.3 is 14.8 Å². The number of nitrogens with one attached hydrogen (secondary N) is 1. The highest BCUT2D eigenvalue weighted by Gasteiger charge is 2.18. The maximum atomic E-state index is 11.8. The highest BCUT2D eigenvalue weighted by molar-refractivity contribution is 5.73. The lowest BCUT2D eigenvalue weighted by Crippen LogP contribution is -2.19. The number of anilines is 1. The van der Waals surface area contributed by atoms with Crippen molar-refractivity contribution in [1.82, 2.24) is 0 Å². The van der Waals surface area contributed by atoms with Gasteiger partial charge in [0.2, 0.25) is 0 Å². The van der Waals surface area contributed by atoms with Gasteiger partial charge in [-0.15, -0.1) is 0 Å². The van der Waals surface area contributed by atoms with Gasteiger partial charge in [-0.1, -0.05) is 13.0 Å². The summed E-state index contributed by atoms with van der Waals surface area (Å²) in [4.78, 5) is 11.8. The Balaban J connectivity index is 2.82. The van der Waals surface area contributed by atoms with Crippen molar-refractivity contribution in [2.75, 3.05) is 26.1 Å². The van der Waals surface area contributed by atoms with Crippen LogP contribution in [-0.4, -0.2) is 26.7 Å². The predicted molar refractivity (Wildman–Crippen MR) is 76.7 cm³/mol. The Hall–Kier alpha value is -1.71. The molecule has 0 aromatic heterocycles. The third kappa shape index (κ3) is 4.16. The van der Waals surface area contributed by atoms with E-state index in [-0.39, 0.29) is 11.9 Å². The fourth-order valence-electron chi connectivity index (χ4n) is 2.02. The largest absolute Gasteiger partial charge is 0.495 e. The van der Waals surface area contributed by atoms with Crippen molar-refractivity contribution >= 4 is 11.7 Å². The molecule has 0 aliphatic heterocycles. The van der Waals surface area contributed by atoms with Gasteiger partial charge in [0.1, 0.15) is 5.75 Å². The fraction of sp³-hybridized carbons (Fsp3) is 0.533. The van der Waals surface area contributed by atoms with Gasteiger partial charge >= 0.3 is 5.97 Å². The molecular weight excluding hydrogens is 242 g/mol. The predicted octanol–water partition coefficient (Wildman–Crippen LogP) is 2.87. The van der Waals surface area contributed by atoms with E-state index >= 15 is 0 Å². The van der Waals surface area contributed by atoms with Crippen LogP contribution >= 0.6 is 0 Å². The van der Waals surface area contributed by atoms with Gasteiger partial charge in [-0.2, -0.15) is 0 Å². The number of esters is 1. The zero-order valence-corrected chi connectivity index (χ0v) is 12.2. The molecule has 1 N–H and O–H groups in total. The average Bonchev–Trinajstić information content (AvgIpc) is 2.44. The summed E-state index contributed by atoms with van der Waals surface area (Å²) < 4.78 is 10.3. The minimum absolute atomic E-state index is 0.0851. The standard InChI is InChI=1S/C15H23NO3/c1-5-12(15(17)19-6-2)9-11-7-8-14(18-4)13(10-11)16-3/h7-8,10,12,16H,5-6,9H2,1-4H3. The zero-order valence-electron chi connectivity index (χ0n) is 12.2. The molecule has 0 amide bonds. The Labute approximate surface area is 115 Å². The molecule has 0 bridgehead atoms. The molecular formula is C15H23NO3. The number of ether oxygens (including phenoxy) is 2. The van der Waals surface area contributed by atoms with Crippen LogP contribution in [0.1, 0.15) is 25.8 Å². The zero-order chi connectivity index (χ0) is 14.3. The van der Waals surface area contributed by atoms with Gasteiger partial charge in [-0.25, -0.2) is 0 Å². The Morgan fingerprint density at radius 2 is 2.11 bits per heavy atom. The van der Waals surface area contributed by atoms with E-state index in [0.29, 0.717) is 13.0 Å². The highest BCUT2D eigenvalue weighted by Crippen LogP contribution is 2.26. The van der Waals surface area contributed by atoms with Crippen molar-refractivity contribution in [3.05, 3.63) is 23.8 Å². The third-order valence-electron chi connectivity index (χ3n) is 3.13. The molecule has 1 atom stereocenters. The summed E-state index contributed by atoms with van der Waals surface area (Å²) in [5.41, 5.74) is 2.03. The van der Waals surface area contributed by atoms with Crippen LogP contribution in [0.25, 0.3) is 0 Å². The van der Waals surface area contributed by atoms with Crippen molar-refractivity contribution in [3.63, 3.8) is 0 Å². The first-order chi connectivity index (χ1) is 9.15. The van der Waals surface area contributed by atoms with Crippen molar-refractivity contribution < 1.29 is 14.3 Å². The van der Waals surface area contributed by atoms with Crippen molar-refractivity contribution in [1.29, 1.82) is 0 Å². The second-order valence-corrected chi connectivity index (χ2v) is 4.35. The van der Waals surface area contributed by atoms with Crippen LogP contribution in [0.2, 0.25) is 0 Å². The molecule has 0 fully saturated rings. The molecule has 0 aliphatic carbocycles. The van der Waals surface area contributed by atoms with Crippen LogP contribution in [0.5, 0.6) is 5.75 Å². The van der Waals surface area contributed by atoms with E-state index in [1.54, 1.807) is 7.11 Å². The maximum Gasteiger partial charge on any atom is 0.309 e. The first-order valence-corrected chi connectivity index (χ1v) is 6.67. The summed E-state index contributed by atoms with van der Waals surface area (Å²) >= 11 is 0. The normalized spacial score (nSPS) is 11.8. The van der Waals surface area contributed by atoms with Gasteiger partial charge in [0.25, 0.3) is 0 Å². The van der Waals surface area contributed by atoms with Gasteiger partial charge in [0.15, 0.2) is 0 Å². The molecule has 1 rings (SSSR count). The van der Waals surface area contributed by atoms with E-state index in [9.17, 15) is 4.79 Å². The number of carbonyl (C=O) groups excluding carboxylic acids is 1. The third-order valence-corrected chi connectivity index (χ3v) is 3.13. The lowest BCUT2D eigenvalue weighted by molar-refractivity contribution is -0.148. The number of methoxy groups -OCH3 is 1. The molecule has 4 heteroatoms. The Bertz CT molecular complexity index is 418. The van der Waals surface area contributed by atoms with E-state index in [1.165, 1.54) is 0 Å². The average molecular weight is 265 g/mol. The summed E-state index contributed by atoms with van der Waals surface area (Å²) in [7, 11) is 3.49. The summed E-state index contributed by atoms with van der Waals surface area (Å²) in [5, 5.41) is 3.09. The summed E-state index contributed by atoms with van der Waals surface area (Å²) in [5.74, 6) is 0.598. The van der Waals surface area contributed by atoms with E-state index in [2.05, 4.69) is 5.32 Å². The van der Waals surface area contributed by atoms with E-state index in [1.807, 2.05) is 39.1 Å². The molecule has 0 spiro atoms. The van der Waals surface area contributed by atoms with Crippen molar-refractivity contribution in [2.24, 2.45) is 5.92 Å². The first kappa shape index (κ1) is 15.3. The maximum absolute atomic E-state index is 11.8. The smallest absolute Gasteiger partial charge is 0.309 e. The SMILES string of the molecule is CCOC(=O)C(CC)Cc1ccc(OC)c(NC)c1. The van der Waals surface area contributed by atoms with Crippen LogP contribution < -0.4 is 10.1 Å². The monoisotopic (exact) mass is 265 g/mol. The summed E-state index contributed by atoms with van der Waals surface area (Å²) in [6, 6.07) is 5.92. The number of benzene rings is 1. The molecule has 0 aliphatic rings. The Kier molecular flexibility index (Phi) is 6.19. The highest BCUT2D eigenvalue weighted by atomic mass is 16.5. The quantitative estimate of drug-likeness (QED) is 0.770. The van der Waals surface area contributed by atoms with Crippen LogP contribution in [0, 0.1) is 5.92 Å². The number of carbonyl (C=O) groups is 1.